The molecule has 15 heavy (non-hydrogen) atoms. The first-order chi connectivity index (χ1) is 6.86. The lowest BCUT2D eigenvalue weighted by Gasteiger charge is -2.31. The molecule has 0 aliphatic heterocycles. The van der Waals surface area contributed by atoms with Gasteiger partial charge in [-0.05, 0) is 31.0 Å². The molecule has 0 radical (unpaired) electrons. The minimum Gasteiger partial charge on any atom is -0.383 e. The molecule has 0 spiro atoms. The van der Waals surface area contributed by atoms with Crippen molar-refractivity contribution in [2.24, 2.45) is 5.41 Å². The monoisotopic (exact) mass is 207 g/mol. The number of aryl methyl sites for hydroxylation is 1. The van der Waals surface area contributed by atoms with Gasteiger partial charge in [-0.15, -0.1) is 0 Å². The van der Waals surface area contributed by atoms with Crippen molar-refractivity contribution in [1.82, 2.24) is 10.3 Å². The zero-order valence-corrected chi connectivity index (χ0v) is 10.3. The van der Waals surface area contributed by atoms with Crippen LogP contribution in [0.4, 0.5) is 5.82 Å². The molecule has 0 aliphatic rings. The smallest absolute Gasteiger partial charge is 0.128 e. The Kier molecular flexibility index (Phi) is 3.35. The molecule has 1 rings (SSSR count). The largest absolute Gasteiger partial charge is 0.383 e. The predicted octanol–water partition coefficient (Wildman–Crippen LogP) is 2.28. The summed E-state index contributed by atoms with van der Waals surface area (Å²) in [4.78, 5) is 4.20. The fourth-order valence-corrected chi connectivity index (χ4v) is 1.89. The number of rotatable bonds is 2. The van der Waals surface area contributed by atoms with Crippen LogP contribution in [0, 0.1) is 12.3 Å². The van der Waals surface area contributed by atoms with E-state index in [9.17, 15) is 0 Å². The molecule has 0 amide bonds. The fourth-order valence-electron chi connectivity index (χ4n) is 1.89. The third-order valence-corrected chi connectivity index (χ3v) is 2.55. The van der Waals surface area contributed by atoms with E-state index in [4.69, 9.17) is 5.73 Å². The highest BCUT2D eigenvalue weighted by atomic mass is 14.9. The Labute approximate surface area is 92.1 Å². The van der Waals surface area contributed by atoms with Crippen LogP contribution >= 0.6 is 0 Å². The summed E-state index contributed by atoms with van der Waals surface area (Å²) in [5.41, 5.74) is 8.27. The minimum absolute atomic E-state index is 0.123. The average Bonchev–Trinajstić information content (AvgIpc) is 2.10. The van der Waals surface area contributed by atoms with E-state index in [1.807, 2.05) is 14.0 Å². The van der Waals surface area contributed by atoms with Gasteiger partial charge in [0.2, 0.25) is 0 Å². The van der Waals surface area contributed by atoms with Gasteiger partial charge in [0.15, 0.2) is 0 Å². The lowest BCUT2D eigenvalue weighted by atomic mass is 9.82. The molecule has 0 saturated heterocycles. The van der Waals surface area contributed by atoms with E-state index in [-0.39, 0.29) is 11.5 Å². The van der Waals surface area contributed by atoms with E-state index in [0.29, 0.717) is 5.82 Å². The topological polar surface area (TPSA) is 50.9 Å². The van der Waals surface area contributed by atoms with Crippen molar-refractivity contribution in [2.45, 2.75) is 33.7 Å². The molecule has 84 valence electrons. The molecule has 1 aromatic rings. The van der Waals surface area contributed by atoms with Crippen molar-refractivity contribution in [3.8, 4) is 0 Å². The van der Waals surface area contributed by atoms with Gasteiger partial charge in [0.05, 0.1) is 0 Å². The molecule has 0 bridgehead atoms. The van der Waals surface area contributed by atoms with Crippen LogP contribution in [0.25, 0.3) is 0 Å². The van der Waals surface area contributed by atoms with Gasteiger partial charge in [-0.3, -0.25) is 0 Å². The second kappa shape index (κ2) is 4.19. The number of pyridine rings is 1. The van der Waals surface area contributed by atoms with E-state index in [0.717, 1.165) is 11.1 Å². The Hall–Kier alpha value is -1.09. The van der Waals surface area contributed by atoms with E-state index in [2.05, 4.69) is 37.1 Å². The highest BCUT2D eigenvalue weighted by Crippen LogP contribution is 2.34. The molecule has 1 heterocycles. The SMILES string of the molecule is CNC(c1cc(C)cnc1N)C(C)(C)C. The number of hydrogen-bond acceptors (Lipinski definition) is 3. The normalized spacial score (nSPS) is 13.9. The first kappa shape index (κ1) is 12.0. The summed E-state index contributed by atoms with van der Waals surface area (Å²) in [5.74, 6) is 0.620. The standard InChI is InChI=1S/C12H21N3/c1-8-6-9(11(13)15-7-8)10(14-5)12(2,3)4/h6-7,10,14H,1-5H3,(H2,13,15). The van der Waals surface area contributed by atoms with Gasteiger partial charge < -0.3 is 11.1 Å². The van der Waals surface area contributed by atoms with Gasteiger partial charge in [0, 0.05) is 17.8 Å². The number of nitrogens with zero attached hydrogens (tertiary/aromatic N) is 1. The van der Waals surface area contributed by atoms with Crippen molar-refractivity contribution < 1.29 is 0 Å². The number of nitrogen functional groups attached to an aromatic ring is 1. The molecule has 0 saturated carbocycles. The number of anilines is 1. The van der Waals surface area contributed by atoms with Crippen molar-refractivity contribution in [1.29, 1.82) is 0 Å². The van der Waals surface area contributed by atoms with Crippen LogP contribution in [0.5, 0.6) is 0 Å². The summed E-state index contributed by atoms with van der Waals surface area (Å²) in [6.45, 7) is 8.60. The third kappa shape index (κ3) is 2.69. The molecule has 1 atom stereocenters. The van der Waals surface area contributed by atoms with E-state index in [1.165, 1.54) is 0 Å². The third-order valence-electron chi connectivity index (χ3n) is 2.55. The Morgan fingerprint density at radius 3 is 2.47 bits per heavy atom. The van der Waals surface area contributed by atoms with Gasteiger partial charge in [0.1, 0.15) is 5.82 Å². The van der Waals surface area contributed by atoms with E-state index in [1.54, 1.807) is 6.20 Å². The quantitative estimate of drug-likeness (QED) is 0.782. The van der Waals surface area contributed by atoms with Crippen molar-refractivity contribution >= 4 is 5.82 Å². The van der Waals surface area contributed by atoms with Gasteiger partial charge in [-0.2, -0.15) is 0 Å². The van der Waals surface area contributed by atoms with Crippen molar-refractivity contribution in [2.75, 3.05) is 12.8 Å². The van der Waals surface area contributed by atoms with Crippen LogP contribution in [-0.4, -0.2) is 12.0 Å². The lowest BCUT2D eigenvalue weighted by molar-refractivity contribution is 0.287. The molecular weight excluding hydrogens is 186 g/mol. The fraction of sp³-hybridized carbons (Fsp3) is 0.583. The summed E-state index contributed by atoms with van der Waals surface area (Å²) in [6.07, 6.45) is 1.80. The molecule has 3 N–H and O–H groups in total. The second-order valence-corrected chi connectivity index (χ2v) is 5.07. The summed E-state index contributed by atoms with van der Waals surface area (Å²) in [5, 5.41) is 3.31. The van der Waals surface area contributed by atoms with Crippen molar-refractivity contribution in [3.63, 3.8) is 0 Å². The molecule has 3 heteroatoms. The number of nitrogens with one attached hydrogen (secondary N) is 1. The summed E-state index contributed by atoms with van der Waals surface area (Å²) < 4.78 is 0. The Bertz CT molecular complexity index is 339. The van der Waals surface area contributed by atoms with Crippen LogP contribution in [0.3, 0.4) is 0 Å². The Morgan fingerprint density at radius 2 is 2.00 bits per heavy atom. The molecule has 0 aliphatic carbocycles. The lowest BCUT2D eigenvalue weighted by Crippen LogP contribution is -2.30. The van der Waals surface area contributed by atoms with Crippen LogP contribution in [0.2, 0.25) is 0 Å². The number of aromatic nitrogens is 1. The summed E-state index contributed by atoms with van der Waals surface area (Å²) in [6, 6.07) is 2.33. The number of hydrogen-bond donors (Lipinski definition) is 2. The van der Waals surface area contributed by atoms with Gasteiger partial charge in [0.25, 0.3) is 0 Å². The van der Waals surface area contributed by atoms with E-state index < -0.39 is 0 Å². The predicted molar refractivity (Wildman–Crippen MR) is 64.6 cm³/mol. The molecule has 3 nitrogen and oxygen atoms in total. The maximum Gasteiger partial charge on any atom is 0.128 e. The van der Waals surface area contributed by atoms with E-state index >= 15 is 0 Å². The summed E-state index contributed by atoms with van der Waals surface area (Å²) >= 11 is 0. The Morgan fingerprint density at radius 1 is 1.40 bits per heavy atom. The first-order valence-electron chi connectivity index (χ1n) is 5.25. The highest BCUT2D eigenvalue weighted by Gasteiger charge is 2.26. The minimum atomic E-state index is 0.123. The van der Waals surface area contributed by atoms with Gasteiger partial charge >= 0.3 is 0 Å². The Balaban J connectivity index is 3.18. The van der Waals surface area contributed by atoms with Crippen LogP contribution in [0.1, 0.15) is 37.9 Å². The van der Waals surface area contributed by atoms with Crippen molar-refractivity contribution in [3.05, 3.63) is 23.4 Å². The highest BCUT2D eigenvalue weighted by molar-refractivity contribution is 5.43. The molecule has 1 unspecified atom stereocenters. The maximum absolute atomic E-state index is 5.91. The molecule has 1 aromatic heterocycles. The molecule has 0 fully saturated rings. The zero-order valence-electron chi connectivity index (χ0n) is 10.3. The average molecular weight is 207 g/mol. The van der Waals surface area contributed by atoms with Gasteiger partial charge in [-0.25, -0.2) is 4.98 Å². The van der Waals surface area contributed by atoms with Crippen LogP contribution < -0.4 is 11.1 Å². The maximum atomic E-state index is 5.91. The van der Waals surface area contributed by atoms with Crippen LogP contribution in [-0.2, 0) is 0 Å². The van der Waals surface area contributed by atoms with Crippen LogP contribution in [0.15, 0.2) is 12.3 Å². The summed E-state index contributed by atoms with van der Waals surface area (Å²) in [7, 11) is 1.96. The van der Waals surface area contributed by atoms with Gasteiger partial charge in [-0.1, -0.05) is 20.8 Å². The zero-order chi connectivity index (χ0) is 11.6. The molecule has 0 aromatic carbocycles. The molecular formula is C12H21N3. The second-order valence-electron chi connectivity index (χ2n) is 5.07. The number of nitrogens with two attached hydrogens (primary N) is 1. The first-order valence-corrected chi connectivity index (χ1v) is 5.25.